The maximum absolute atomic E-state index is 14.1. The van der Waals surface area contributed by atoms with E-state index >= 15 is 0 Å². The van der Waals surface area contributed by atoms with Crippen LogP contribution in [-0.2, 0) is 57.0 Å². The van der Waals surface area contributed by atoms with Gasteiger partial charge in [0, 0.05) is 90.1 Å². The lowest BCUT2D eigenvalue weighted by atomic mass is 9.58. The standard InChI is InChI=1S/C37H49NO10.C31H39NO9/c1-9-10-11-16-24(39)45-28-20(3)35(42)23-17-19(2)27(40)36(23,43)31-34(18-44-33(6,7)48-31)29(46-34)25(35)26-32(4,5)37(26,28)47-30(41)21-14-12-13-15-22(21)38-8;1-14-12-18-29(36)15(2)22(34)31(40-24(35)16-10-8-9-11-17(16)32-7)20(26(31,3)4)19(29)23-28(39-23)13-38-27(5,6)41-25(28)30(18,37)21(14)33/h12-15,17,20,23,25-26,28-29,31,38,42-43H,9-11,16,18H2,1-8H3;8-12,15,18-20,22-23,25,32,34,36-37H,13H2,1-7H3/t20-,23+,25-,26-,28-,29+,31-,34+,35+,36-,37-;15-,18+,19-,20-,22-,23+,25-,28+,29+,30-,31-/m11/s1. The fourth-order valence-electron chi connectivity index (χ4n) is 19.6. The molecule has 2 aromatic carbocycles. The number of rotatable bonds is 11. The van der Waals surface area contributed by atoms with Gasteiger partial charge in [0.1, 0.15) is 35.1 Å². The number of carbonyl (C=O) groups excluding carboxylic acids is 5. The summed E-state index contributed by atoms with van der Waals surface area (Å²) in [5.74, 6) is -11.6. The number of aliphatic hydroxyl groups is 5. The minimum atomic E-state index is -2.19. The van der Waals surface area contributed by atoms with E-state index < -0.39 is 181 Å². The van der Waals surface area contributed by atoms with Crippen LogP contribution in [0.15, 0.2) is 71.8 Å². The van der Waals surface area contributed by atoms with Crippen LogP contribution in [0.3, 0.4) is 0 Å². The first kappa shape index (κ1) is 62.6. The van der Waals surface area contributed by atoms with Gasteiger partial charge in [0.25, 0.3) is 0 Å². The fraction of sp³-hybridized carbons (Fsp3) is 0.691. The van der Waals surface area contributed by atoms with Crippen molar-refractivity contribution >= 4 is 40.8 Å². The third kappa shape index (κ3) is 7.77. The molecule has 14 rings (SSSR count). The van der Waals surface area contributed by atoms with E-state index in [9.17, 15) is 49.5 Å². The summed E-state index contributed by atoms with van der Waals surface area (Å²) in [6.45, 7) is 23.4. The molecule has 7 N–H and O–H groups in total. The molecule has 89 heavy (non-hydrogen) atoms. The van der Waals surface area contributed by atoms with Crippen molar-refractivity contribution in [2.75, 3.05) is 37.9 Å². The predicted octanol–water partition coefficient (Wildman–Crippen LogP) is 5.76. The minimum absolute atomic E-state index is 0.0307. The SMILES string of the molecule is CCCCCC(=O)O[C@@H]1[C@@H](C)[C@@]2(O)[C@H]([C@@H]3C(C)(C)[C@]13OC(=O)c1ccccc1NC)[C@@H]1O[C@@]13COC(C)(C)O[C@H]3[C@]1(O)C(=O)C(C)=C[C@H]12.CNc1ccccc1C(=O)O[C@@]12[C@H](O)[C@@H](C)[C@@]3(O)[C@H]([C@@H]1C2(C)C)[C@@H]1O[C@@]12COC(C)(C)O[C@H]2[C@]1(O)C(=O)C(C)=C[C@H]13. The number of carbonyl (C=O) groups is 5. The highest BCUT2D eigenvalue weighted by atomic mass is 16.8. The number of benzene rings is 2. The number of para-hydroxylation sites is 2. The van der Waals surface area contributed by atoms with E-state index in [1.54, 1.807) is 118 Å². The molecule has 484 valence electrons. The van der Waals surface area contributed by atoms with E-state index in [1.807, 2.05) is 46.8 Å². The number of unbranched alkanes of at least 4 members (excludes halogenated alkanes) is 2. The molecule has 12 aliphatic rings. The van der Waals surface area contributed by atoms with Crippen LogP contribution >= 0.6 is 0 Å². The van der Waals surface area contributed by atoms with E-state index in [0.717, 1.165) is 12.8 Å². The molecule has 4 heterocycles. The van der Waals surface area contributed by atoms with Gasteiger partial charge in [-0.1, -0.05) is 97.7 Å². The summed E-state index contributed by atoms with van der Waals surface area (Å²) >= 11 is 0. The molecular weight excluding hydrogens is 1150 g/mol. The molecule has 0 amide bonds. The van der Waals surface area contributed by atoms with Crippen molar-refractivity contribution in [1.29, 1.82) is 0 Å². The lowest BCUT2D eigenvalue weighted by molar-refractivity contribution is -0.329. The maximum Gasteiger partial charge on any atom is 0.340 e. The number of Topliss-reactive ketones (excluding diaryl/α,β-unsaturated/α-hetero) is 2. The second-order valence-corrected chi connectivity index (χ2v) is 29.9. The second-order valence-electron chi connectivity index (χ2n) is 29.9. The summed E-state index contributed by atoms with van der Waals surface area (Å²) in [4.78, 5) is 69.2. The van der Waals surface area contributed by atoms with Crippen LogP contribution in [0.1, 0.15) is 136 Å². The number of esters is 3. The molecule has 22 atom stereocenters. The van der Waals surface area contributed by atoms with Gasteiger partial charge < -0.3 is 78.8 Å². The smallest absolute Gasteiger partial charge is 0.340 e. The Kier molecular flexibility index (Phi) is 13.7. The van der Waals surface area contributed by atoms with Gasteiger partial charge in [0.05, 0.1) is 53.9 Å². The van der Waals surface area contributed by atoms with Gasteiger partial charge in [-0.2, -0.15) is 0 Å². The van der Waals surface area contributed by atoms with Gasteiger partial charge in [-0.25, -0.2) is 9.59 Å². The number of ketones is 2. The molecule has 2 aromatic rings. The zero-order chi connectivity index (χ0) is 64.5. The Morgan fingerprint density at radius 1 is 0.607 bits per heavy atom. The highest BCUT2D eigenvalue weighted by Gasteiger charge is 2.96. The quantitative estimate of drug-likeness (QED) is 0.0608. The number of hydrogen-bond acceptors (Lipinski definition) is 21. The average molecular weight is 1240 g/mol. The molecule has 0 bridgehead atoms. The van der Waals surface area contributed by atoms with Crippen LogP contribution in [0.5, 0.6) is 0 Å². The van der Waals surface area contributed by atoms with Crippen molar-refractivity contribution < 1.29 is 92.1 Å². The lowest BCUT2D eigenvalue weighted by Gasteiger charge is -2.54. The van der Waals surface area contributed by atoms with Gasteiger partial charge in [0.15, 0.2) is 39.9 Å². The van der Waals surface area contributed by atoms with E-state index in [1.165, 1.54) is 0 Å². The highest BCUT2D eigenvalue weighted by molar-refractivity contribution is 6.06. The number of anilines is 2. The summed E-state index contributed by atoms with van der Waals surface area (Å²) in [5, 5.41) is 69.5. The molecule has 21 nitrogen and oxygen atoms in total. The zero-order valence-corrected chi connectivity index (χ0v) is 53.6. The minimum Gasteiger partial charge on any atom is -0.458 e. The Labute approximate surface area is 518 Å². The topological polar surface area (TPSA) is 300 Å². The van der Waals surface area contributed by atoms with Crippen LogP contribution in [0.2, 0.25) is 0 Å². The van der Waals surface area contributed by atoms with Crippen molar-refractivity contribution in [2.45, 2.75) is 209 Å². The monoisotopic (exact) mass is 1240 g/mol. The van der Waals surface area contributed by atoms with E-state index in [4.69, 9.17) is 42.6 Å². The number of fused-ring (bicyclic) bond motifs is 14. The van der Waals surface area contributed by atoms with Gasteiger partial charge in [-0.15, -0.1) is 0 Å². The second kappa shape index (κ2) is 19.5. The van der Waals surface area contributed by atoms with Gasteiger partial charge >= 0.3 is 17.9 Å². The largest absolute Gasteiger partial charge is 0.458 e. The summed E-state index contributed by atoms with van der Waals surface area (Å²) in [6, 6.07) is 14.0. The molecule has 21 heteroatoms. The van der Waals surface area contributed by atoms with Gasteiger partial charge in [0.2, 0.25) is 0 Å². The van der Waals surface area contributed by atoms with Gasteiger partial charge in [-0.05, 0) is 83.4 Å². The van der Waals surface area contributed by atoms with Crippen molar-refractivity contribution in [1.82, 2.24) is 0 Å². The zero-order valence-electron chi connectivity index (χ0n) is 53.6. The Morgan fingerprint density at radius 2 is 1.02 bits per heavy atom. The van der Waals surface area contributed by atoms with Crippen molar-refractivity contribution in [2.24, 2.45) is 58.2 Å². The highest BCUT2D eigenvalue weighted by Crippen LogP contribution is 2.82. The summed E-state index contributed by atoms with van der Waals surface area (Å²) in [7, 11) is 3.44. The van der Waals surface area contributed by atoms with Gasteiger partial charge in [-0.3, -0.25) is 14.4 Å². The van der Waals surface area contributed by atoms with Crippen LogP contribution in [0.4, 0.5) is 11.4 Å². The van der Waals surface area contributed by atoms with Crippen LogP contribution in [0, 0.1) is 58.2 Å². The van der Waals surface area contributed by atoms with E-state index in [0.29, 0.717) is 40.1 Å². The summed E-state index contributed by atoms with van der Waals surface area (Å²) < 4.78 is 57.0. The third-order valence-electron chi connectivity index (χ3n) is 24.2. The number of hydrogen-bond donors (Lipinski definition) is 7. The number of ether oxygens (including phenoxy) is 9. The average Bonchev–Trinajstić information content (AvgIpc) is 1.47. The van der Waals surface area contributed by atoms with Crippen molar-refractivity contribution in [3.05, 3.63) is 83.0 Å². The summed E-state index contributed by atoms with van der Waals surface area (Å²) in [5.41, 5.74) is -12.2. The number of aliphatic hydroxyl groups excluding tert-OH is 1. The first-order valence-electron chi connectivity index (χ1n) is 31.8. The molecule has 8 aliphatic carbocycles. The number of nitrogens with one attached hydrogen (secondary N) is 2. The van der Waals surface area contributed by atoms with Crippen LogP contribution in [-0.4, -0.2) is 175 Å². The molecule has 0 radical (unpaired) electrons. The molecular formula is C68H88N2O19. The van der Waals surface area contributed by atoms with Crippen LogP contribution in [0.25, 0.3) is 0 Å². The van der Waals surface area contributed by atoms with Crippen molar-refractivity contribution in [3.8, 4) is 0 Å². The maximum atomic E-state index is 14.1. The fourth-order valence-corrected chi connectivity index (χ4v) is 19.6. The Balaban J connectivity index is 0.000000166. The van der Waals surface area contributed by atoms with Crippen LogP contribution < -0.4 is 10.6 Å². The van der Waals surface area contributed by atoms with E-state index in [2.05, 4.69) is 10.6 Å². The van der Waals surface area contributed by atoms with Crippen molar-refractivity contribution in [3.63, 3.8) is 0 Å². The summed E-state index contributed by atoms with van der Waals surface area (Å²) in [6.07, 6.45) is -0.216. The molecule has 6 saturated carbocycles. The normalized spacial score (nSPS) is 46.6. The Morgan fingerprint density at radius 3 is 1.47 bits per heavy atom. The first-order valence-corrected chi connectivity index (χ1v) is 31.8. The third-order valence-corrected chi connectivity index (χ3v) is 24.2. The van der Waals surface area contributed by atoms with E-state index in [-0.39, 0.29) is 19.6 Å². The molecule has 0 unspecified atom stereocenters. The molecule has 10 fully saturated rings. The molecule has 0 aromatic heterocycles. The molecule has 4 aliphatic heterocycles. The molecule has 4 saturated heterocycles. The predicted molar refractivity (Wildman–Crippen MR) is 317 cm³/mol. The Bertz CT molecular complexity index is 3430. The first-order chi connectivity index (χ1) is 41.5. The lowest BCUT2D eigenvalue weighted by Crippen LogP contribution is -2.70. The number of epoxide rings is 2. The molecule has 2 spiro atoms. The Hall–Kier alpha value is -5.17.